The third-order valence-corrected chi connectivity index (χ3v) is 5.13. The molecule has 6 nitrogen and oxygen atoms in total. The lowest BCUT2D eigenvalue weighted by Crippen LogP contribution is -2.58. The van der Waals surface area contributed by atoms with E-state index in [2.05, 4.69) is 5.32 Å². The maximum atomic E-state index is 13.3. The van der Waals surface area contributed by atoms with Gasteiger partial charge in [-0.05, 0) is 55.5 Å². The van der Waals surface area contributed by atoms with E-state index in [0.717, 1.165) is 5.69 Å². The summed E-state index contributed by atoms with van der Waals surface area (Å²) in [6, 6.07) is 18.8. The van der Waals surface area contributed by atoms with Gasteiger partial charge >= 0.3 is 0 Å². The lowest BCUT2D eigenvalue weighted by molar-refractivity contribution is -0.695. The zero-order valence-electron chi connectivity index (χ0n) is 16.4. The fourth-order valence-electron chi connectivity index (χ4n) is 3.54. The average molecular weight is 423 g/mol. The van der Waals surface area contributed by atoms with Crippen LogP contribution in [-0.4, -0.2) is 18.4 Å². The normalized spacial score (nSPS) is 15.5. The molecule has 0 fully saturated rings. The Morgan fingerprint density at radius 1 is 1.13 bits per heavy atom. The van der Waals surface area contributed by atoms with Crippen LogP contribution in [0.2, 0.25) is 5.02 Å². The van der Waals surface area contributed by atoms with Gasteiger partial charge in [0.05, 0.1) is 6.61 Å². The lowest BCUT2D eigenvalue weighted by Gasteiger charge is -2.32. The molecule has 0 saturated heterocycles. The Morgan fingerprint density at radius 2 is 1.87 bits per heavy atom. The molecule has 152 valence electrons. The number of pyridine rings is 1. The quantitative estimate of drug-likeness (QED) is 0.637. The molecule has 1 aromatic heterocycles. The van der Waals surface area contributed by atoms with Crippen LogP contribution < -0.4 is 19.5 Å². The van der Waals surface area contributed by atoms with E-state index in [4.69, 9.17) is 16.3 Å². The van der Waals surface area contributed by atoms with E-state index < -0.39 is 6.04 Å². The molecule has 0 aliphatic carbocycles. The van der Waals surface area contributed by atoms with E-state index in [-0.39, 0.29) is 18.4 Å². The first-order valence-electron chi connectivity index (χ1n) is 9.66. The van der Waals surface area contributed by atoms with Gasteiger partial charge in [0.2, 0.25) is 18.3 Å². The molecule has 1 atom stereocenters. The number of benzene rings is 2. The van der Waals surface area contributed by atoms with Crippen molar-refractivity contribution in [3.63, 3.8) is 0 Å². The molecular weight excluding hydrogens is 402 g/mol. The third-order valence-electron chi connectivity index (χ3n) is 4.87. The summed E-state index contributed by atoms with van der Waals surface area (Å²) < 4.78 is 7.30. The van der Waals surface area contributed by atoms with Crippen LogP contribution in [0, 0.1) is 0 Å². The molecule has 4 rings (SSSR count). The highest BCUT2D eigenvalue weighted by atomic mass is 35.5. The monoisotopic (exact) mass is 422 g/mol. The van der Waals surface area contributed by atoms with Crippen LogP contribution in [0.4, 0.5) is 11.4 Å². The van der Waals surface area contributed by atoms with Crippen molar-refractivity contribution >= 4 is 34.8 Å². The molecule has 2 aromatic carbocycles. The molecule has 1 aliphatic rings. The van der Waals surface area contributed by atoms with E-state index in [9.17, 15) is 9.59 Å². The van der Waals surface area contributed by atoms with Crippen molar-refractivity contribution < 1.29 is 18.9 Å². The van der Waals surface area contributed by atoms with Gasteiger partial charge in [0, 0.05) is 28.5 Å². The van der Waals surface area contributed by atoms with Crippen molar-refractivity contribution in [2.45, 2.75) is 19.5 Å². The second-order valence-corrected chi connectivity index (χ2v) is 7.28. The van der Waals surface area contributed by atoms with Crippen molar-refractivity contribution in [3.05, 3.63) is 83.6 Å². The number of anilines is 2. The molecular formula is C23H21ClN3O3+. The van der Waals surface area contributed by atoms with Gasteiger partial charge in [0.15, 0.2) is 6.20 Å². The first-order chi connectivity index (χ1) is 14.6. The van der Waals surface area contributed by atoms with Crippen molar-refractivity contribution in [2.75, 3.05) is 16.8 Å². The van der Waals surface area contributed by atoms with Crippen LogP contribution in [0.1, 0.15) is 18.7 Å². The van der Waals surface area contributed by atoms with Crippen molar-refractivity contribution in [2.24, 2.45) is 0 Å². The summed E-state index contributed by atoms with van der Waals surface area (Å²) >= 11 is 5.94. The molecule has 2 amide bonds. The summed E-state index contributed by atoms with van der Waals surface area (Å²) in [6.45, 7) is 2.62. The van der Waals surface area contributed by atoms with Gasteiger partial charge in [-0.3, -0.25) is 14.5 Å². The Kier molecular flexibility index (Phi) is 5.68. The number of rotatable bonds is 5. The van der Waals surface area contributed by atoms with Crippen molar-refractivity contribution in [1.82, 2.24) is 0 Å². The number of fused-ring (bicyclic) bond motifs is 1. The van der Waals surface area contributed by atoms with Crippen molar-refractivity contribution in [1.29, 1.82) is 0 Å². The Balaban J connectivity index is 1.72. The number of hydrogen-bond acceptors (Lipinski definition) is 3. The molecule has 3 aromatic rings. The Bertz CT molecular complexity index is 1070. The van der Waals surface area contributed by atoms with E-state index in [1.165, 1.54) is 4.90 Å². The minimum absolute atomic E-state index is 0.161. The van der Waals surface area contributed by atoms with E-state index in [1.807, 2.05) is 31.3 Å². The van der Waals surface area contributed by atoms with Crippen LogP contribution in [0.15, 0.2) is 72.9 Å². The molecule has 2 heterocycles. The number of hydrogen-bond donors (Lipinski definition) is 1. The van der Waals surface area contributed by atoms with E-state index in [0.29, 0.717) is 28.8 Å². The number of ether oxygens (including phenoxy) is 1. The molecule has 0 saturated carbocycles. The highest BCUT2D eigenvalue weighted by Crippen LogP contribution is 2.31. The van der Waals surface area contributed by atoms with Crippen molar-refractivity contribution in [3.8, 4) is 5.75 Å². The van der Waals surface area contributed by atoms with Gasteiger partial charge in [0.1, 0.15) is 5.75 Å². The highest BCUT2D eigenvalue weighted by molar-refractivity contribution is 6.30. The zero-order valence-corrected chi connectivity index (χ0v) is 17.2. The van der Waals surface area contributed by atoms with Crippen LogP contribution in [-0.2, 0) is 16.1 Å². The number of amides is 2. The number of nitrogens with one attached hydrogen (secondary N) is 1. The molecule has 0 bridgehead atoms. The number of aromatic nitrogens is 1. The van der Waals surface area contributed by atoms with Crippen LogP contribution in [0.5, 0.6) is 5.75 Å². The first-order valence-corrected chi connectivity index (χ1v) is 10.0. The van der Waals surface area contributed by atoms with Crippen LogP contribution in [0.25, 0.3) is 0 Å². The molecule has 30 heavy (non-hydrogen) atoms. The van der Waals surface area contributed by atoms with Gasteiger partial charge in [-0.15, -0.1) is 0 Å². The molecule has 1 aliphatic heterocycles. The van der Waals surface area contributed by atoms with Gasteiger partial charge in [0.25, 0.3) is 11.8 Å². The summed E-state index contributed by atoms with van der Waals surface area (Å²) in [7, 11) is 0. The minimum atomic E-state index is -0.818. The standard InChI is InChI=1S/C23H20ClN3O3/c1-2-30-19-12-10-18(11-13-19)27-21(28)15-26-14-4-3-5-20(26)22(27)23(29)25-17-8-6-16(24)7-9-17/h3-14,22H,2,15H2,1H3/p+1. The summed E-state index contributed by atoms with van der Waals surface area (Å²) in [5, 5.41) is 3.48. The lowest BCUT2D eigenvalue weighted by atomic mass is 10.0. The van der Waals surface area contributed by atoms with Gasteiger partial charge in [-0.1, -0.05) is 17.7 Å². The van der Waals surface area contributed by atoms with Crippen LogP contribution in [0.3, 0.4) is 0 Å². The highest BCUT2D eigenvalue weighted by Gasteiger charge is 2.43. The fraction of sp³-hybridized carbons (Fsp3) is 0.174. The number of carbonyl (C=O) groups excluding carboxylic acids is 2. The topological polar surface area (TPSA) is 62.5 Å². The molecule has 0 spiro atoms. The summed E-state index contributed by atoms with van der Waals surface area (Å²) in [6.07, 6.45) is 1.81. The van der Waals surface area contributed by atoms with Gasteiger partial charge < -0.3 is 10.1 Å². The maximum Gasteiger partial charge on any atom is 0.294 e. The molecule has 1 N–H and O–H groups in total. The number of halogens is 1. The predicted octanol–water partition coefficient (Wildman–Crippen LogP) is 3.75. The molecule has 7 heteroatoms. The summed E-state index contributed by atoms with van der Waals surface area (Å²) in [5.41, 5.74) is 1.98. The fourth-order valence-corrected chi connectivity index (χ4v) is 3.66. The van der Waals surface area contributed by atoms with Gasteiger partial charge in [-0.25, -0.2) is 0 Å². The first kappa shape index (κ1) is 19.9. The smallest absolute Gasteiger partial charge is 0.294 e. The number of nitrogens with zero attached hydrogens (tertiary/aromatic N) is 2. The SMILES string of the molecule is CCOc1ccc(N2C(=O)C[n+]3ccccc3C2C(=O)Nc2ccc(Cl)cc2)cc1. The second kappa shape index (κ2) is 8.55. The number of carbonyl (C=O) groups is 2. The second-order valence-electron chi connectivity index (χ2n) is 6.84. The van der Waals surface area contributed by atoms with Gasteiger partial charge in [-0.2, -0.15) is 4.57 Å². The largest absolute Gasteiger partial charge is 0.494 e. The van der Waals surface area contributed by atoms with E-state index in [1.54, 1.807) is 53.1 Å². The summed E-state index contributed by atoms with van der Waals surface area (Å²) in [4.78, 5) is 27.9. The third kappa shape index (κ3) is 4.00. The Hall–Kier alpha value is -3.38. The Labute approximate surface area is 179 Å². The van der Waals surface area contributed by atoms with Crippen LogP contribution >= 0.6 is 11.6 Å². The molecule has 1 unspecified atom stereocenters. The zero-order chi connectivity index (χ0) is 21.1. The molecule has 0 radical (unpaired) electrons. The summed E-state index contributed by atoms with van der Waals surface area (Å²) in [5.74, 6) is 0.237. The maximum absolute atomic E-state index is 13.3. The minimum Gasteiger partial charge on any atom is -0.494 e. The predicted molar refractivity (Wildman–Crippen MR) is 115 cm³/mol. The van der Waals surface area contributed by atoms with E-state index >= 15 is 0 Å². The average Bonchev–Trinajstić information content (AvgIpc) is 2.75. The Morgan fingerprint density at radius 3 is 2.57 bits per heavy atom.